The molecule has 2 heterocycles. The van der Waals surface area contributed by atoms with Gasteiger partial charge in [-0.25, -0.2) is 4.98 Å². The van der Waals surface area contributed by atoms with Crippen LogP contribution in [0.4, 0.5) is 18.9 Å². The maximum atomic E-state index is 13.2. The molecule has 1 aromatic heterocycles. The summed E-state index contributed by atoms with van der Waals surface area (Å²) in [7, 11) is 0. The number of benzene rings is 2. The third-order valence-electron chi connectivity index (χ3n) is 5.05. The highest BCUT2D eigenvalue weighted by Gasteiger charge is 2.33. The molecule has 10 heteroatoms. The number of anilines is 1. The fourth-order valence-corrected chi connectivity index (χ4v) is 5.36. The van der Waals surface area contributed by atoms with Crippen LogP contribution in [0.3, 0.4) is 0 Å². The van der Waals surface area contributed by atoms with Crippen LogP contribution in [-0.2, 0) is 30.4 Å². The summed E-state index contributed by atoms with van der Waals surface area (Å²) >= 11 is 2.53. The number of carbonyl (C=O) groups is 1. The quantitative estimate of drug-likeness (QED) is 0.377. The maximum Gasteiger partial charge on any atom is 0.418 e. The summed E-state index contributed by atoms with van der Waals surface area (Å²) in [6, 6.07) is 14.5. The molecule has 0 atom stereocenters. The second-order valence-corrected chi connectivity index (χ2v) is 9.39. The molecule has 0 saturated heterocycles. The van der Waals surface area contributed by atoms with Gasteiger partial charge in [0.05, 0.1) is 27.6 Å². The first kappa shape index (κ1) is 23.4. The van der Waals surface area contributed by atoms with Gasteiger partial charge in [-0.2, -0.15) is 13.2 Å². The van der Waals surface area contributed by atoms with Crippen LogP contribution in [0.25, 0.3) is 0 Å². The van der Waals surface area contributed by atoms with E-state index in [1.807, 2.05) is 30.3 Å². The average Bonchev–Trinajstić information content (AvgIpc) is 3.26. The Kier molecular flexibility index (Phi) is 7.14. The number of thioether (sulfide) groups is 2. The number of alkyl halides is 3. The second kappa shape index (κ2) is 10.0. The molecule has 2 aromatic carbocycles. The molecule has 172 valence electrons. The van der Waals surface area contributed by atoms with Crippen molar-refractivity contribution in [3.8, 4) is 0 Å². The van der Waals surface area contributed by atoms with Crippen molar-refractivity contribution in [1.29, 1.82) is 0 Å². The molecule has 0 unspecified atom stereocenters. The lowest BCUT2D eigenvalue weighted by Gasteiger charge is -2.15. The van der Waals surface area contributed by atoms with Crippen molar-refractivity contribution in [3.05, 3.63) is 81.8 Å². The molecule has 0 radical (unpaired) electrons. The Morgan fingerprint density at radius 2 is 1.85 bits per heavy atom. The van der Waals surface area contributed by atoms with E-state index in [9.17, 15) is 22.8 Å². The van der Waals surface area contributed by atoms with Crippen LogP contribution in [0.2, 0.25) is 0 Å². The number of nitrogens with one attached hydrogen (secondary N) is 1. The van der Waals surface area contributed by atoms with Gasteiger partial charge in [0.1, 0.15) is 0 Å². The zero-order chi connectivity index (χ0) is 23.4. The minimum Gasteiger partial charge on any atom is -0.325 e. The molecule has 5 nitrogen and oxygen atoms in total. The van der Waals surface area contributed by atoms with Gasteiger partial charge in [-0.15, -0.1) is 11.8 Å². The Labute approximate surface area is 196 Å². The highest BCUT2D eigenvalue weighted by atomic mass is 32.2. The lowest BCUT2D eigenvalue weighted by molar-refractivity contribution is -0.137. The topological polar surface area (TPSA) is 64.0 Å². The first-order valence-corrected chi connectivity index (χ1v) is 12.2. The first-order chi connectivity index (χ1) is 15.8. The van der Waals surface area contributed by atoms with Gasteiger partial charge in [0.25, 0.3) is 5.56 Å². The molecular formula is C23H20F3N3O2S2. The SMILES string of the molecule is O=C(CSc1nc2c(c(=O)n1CCc1ccccc1)SCC2)Nc1ccccc1C(F)(F)F. The molecule has 33 heavy (non-hydrogen) atoms. The van der Waals surface area contributed by atoms with Crippen LogP contribution in [-0.4, -0.2) is 27.0 Å². The number of nitrogens with zero attached hydrogens (tertiary/aromatic N) is 2. The van der Waals surface area contributed by atoms with Crippen LogP contribution in [0.1, 0.15) is 16.8 Å². The highest BCUT2D eigenvalue weighted by molar-refractivity contribution is 8.00. The van der Waals surface area contributed by atoms with E-state index in [1.54, 1.807) is 4.57 Å². The number of hydrogen-bond acceptors (Lipinski definition) is 5. The summed E-state index contributed by atoms with van der Waals surface area (Å²) < 4.78 is 41.1. The van der Waals surface area contributed by atoms with Gasteiger partial charge in [0, 0.05) is 18.7 Å². The van der Waals surface area contributed by atoms with Crippen molar-refractivity contribution in [2.75, 3.05) is 16.8 Å². The third-order valence-corrected chi connectivity index (χ3v) is 7.14. The fraction of sp³-hybridized carbons (Fsp3) is 0.261. The Bertz CT molecular complexity index is 1210. The number of hydrogen-bond donors (Lipinski definition) is 1. The monoisotopic (exact) mass is 491 g/mol. The summed E-state index contributed by atoms with van der Waals surface area (Å²) in [5.41, 5.74) is 0.441. The molecule has 0 saturated carbocycles. The molecule has 1 amide bonds. The predicted octanol–water partition coefficient (Wildman–Crippen LogP) is 4.88. The number of carbonyl (C=O) groups excluding carboxylic acids is 1. The minimum absolute atomic E-state index is 0.135. The number of aryl methyl sites for hydroxylation is 2. The van der Waals surface area contributed by atoms with E-state index in [2.05, 4.69) is 10.3 Å². The largest absolute Gasteiger partial charge is 0.418 e. The molecule has 0 bridgehead atoms. The van der Waals surface area contributed by atoms with Gasteiger partial charge in [-0.05, 0) is 24.1 Å². The van der Waals surface area contributed by atoms with Gasteiger partial charge in [0.15, 0.2) is 5.16 Å². The van der Waals surface area contributed by atoms with E-state index in [1.165, 1.54) is 30.0 Å². The Balaban J connectivity index is 1.51. The standard InChI is InChI=1S/C23H20F3N3O2S2/c24-23(25,26)16-8-4-5-9-17(16)27-19(30)14-33-22-28-18-11-13-32-20(18)21(31)29(22)12-10-15-6-2-1-3-7-15/h1-9H,10-14H2,(H,27,30). The summed E-state index contributed by atoms with van der Waals surface area (Å²) in [4.78, 5) is 30.8. The van der Waals surface area contributed by atoms with Crippen molar-refractivity contribution in [1.82, 2.24) is 9.55 Å². The van der Waals surface area contributed by atoms with E-state index in [-0.39, 0.29) is 17.0 Å². The van der Waals surface area contributed by atoms with Crippen molar-refractivity contribution in [3.63, 3.8) is 0 Å². The summed E-state index contributed by atoms with van der Waals surface area (Å²) in [5, 5.41) is 2.73. The van der Waals surface area contributed by atoms with E-state index in [0.29, 0.717) is 35.1 Å². The van der Waals surface area contributed by atoms with Crippen LogP contribution in [0.5, 0.6) is 0 Å². The maximum absolute atomic E-state index is 13.2. The van der Waals surface area contributed by atoms with Crippen molar-refractivity contribution < 1.29 is 18.0 Å². The lowest BCUT2D eigenvalue weighted by atomic mass is 10.1. The minimum atomic E-state index is -4.58. The number of rotatable bonds is 7. The van der Waals surface area contributed by atoms with E-state index in [4.69, 9.17) is 0 Å². The van der Waals surface area contributed by atoms with Gasteiger partial charge in [0.2, 0.25) is 5.91 Å². The van der Waals surface area contributed by atoms with Gasteiger partial charge in [-0.3, -0.25) is 14.2 Å². The zero-order valence-electron chi connectivity index (χ0n) is 17.4. The first-order valence-electron chi connectivity index (χ1n) is 10.2. The van der Waals surface area contributed by atoms with Crippen LogP contribution in [0.15, 0.2) is 69.4 Å². The number of aromatic nitrogens is 2. The summed E-state index contributed by atoms with van der Waals surface area (Å²) in [5.74, 6) is 0.00469. The van der Waals surface area contributed by atoms with Gasteiger partial charge < -0.3 is 5.32 Å². The van der Waals surface area contributed by atoms with Gasteiger partial charge in [-0.1, -0.05) is 54.2 Å². The van der Waals surface area contributed by atoms with E-state index >= 15 is 0 Å². The molecule has 1 aliphatic rings. The molecule has 1 aliphatic heterocycles. The molecule has 0 spiro atoms. The van der Waals surface area contributed by atoms with Crippen LogP contribution >= 0.6 is 23.5 Å². The molecule has 1 N–H and O–H groups in total. The Hall–Kier alpha value is -2.72. The predicted molar refractivity (Wildman–Crippen MR) is 124 cm³/mol. The van der Waals surface area contributed by atoms with E-state index in [0.717, 1.165) is 29.1 Å². The Morgan fingerprint density at radius 1 is 1.12 bits per heavy atom. The third kappa shape index (κ3) is 5.62. The zero-order valence-corrected chi connectivity index (χ0v) is 19.0. The van der Waals surface area contributed by atoms with Crippen LogP contribution < -0.4 is 10.9 Å². The molecular weight excluding hydrogens is 471 g/mol. The van der Waals surface area contributed by atoms with Crippen molar-refractivity contribution >= 4 is 35.1 Å². The number of para-hydroxylation sites is 1. The molecule has 0 aliphatic carbocycles. The summed E-state index contributed by atoms with van der Waals surface area (Å²) in [6.07, 6.45) is -3.29. The fourth-order valence-electron chi connectivity index (χ4n) is 3.47. The highest BCUT2D eigenvalue weighted by Crippen LogP contribution is 2.35. The molecule has 4 rings (SSSR count). The Morgan fingerprint density at radius 3 is 2.61 bits per heavy atom. The second-order valence-electron chi connectivity index (χ2n) is 7.34. The van der Waals surface area contributed by atoms with Gasteiger partial charge >= 0.3 is 6.18 Å². The normalized spacial score (nSPS) is 13.1. The molecule has 3 aromatic rings. The van der Waals surface area contributed by atoms with Crippen molar-refractivity contribution in [2.45, 2.75) is 35.6 Å². The van der Waals surface area contributed by atoms with Crippen molar-refractivity contribution in [2.24, 2.45) is 0 Å². The lowest BCUT2D eigenvalue weighted by Crippen LogP contribution is -2.27. The average molecular weight is 492 g/mol. The number of halogens is 3. The number of amides is 1. The van der Waals surface area contributed by atoms with Crippen LogP contribution in [0, 0.1) is 0 Å². The molecule has 0 fully saturated rings. The van der Waals surface area contributed by atoms with E-state index < -0.39 is 17.6 Å². The smallest absolute Gasteiger partial charge is 0.325 e. The number of fused-ring (bicyclic) bond motifs is 1. The summed E-state index contributed by atoms with van der Waals surface area (Å²) in [6.45, 7) is 0.393.